The summed E-state index contributed by atoms with van der Waals surface area (Å²) in [4.78, 5) is 13.8. The predicted molar refractivity (Wildman–Crippen MR) is 78.0 cm³/mol. The van der Waals surface area contributed by atoms with Gasteiger partial charge >= 0.3 is 6.03 Å². The van der Waals surface area contributed by atoms with Gasteiger partial charge in [0.05, 0.1) is 6.61 Å². The van der Waals surface area contributed by atoms with Gasteiger partial charge in [0.25, 0.3) is 0 Å². The van der Waals surface area contributed by atoms with E-state index in [0.717, 1.165) is 6.42 Å². The number of aliphatic hydroxyl groups excluding tert-OH is 1. The first-order valence-electron chi connectivity index (χ1n) is 7.37. The predicted octanol–water partition coefficient (Wildman–Crippen LogP) is 2.39. The number of nitrogens with zero attached hydrogens (tertiary/aromatic N) is 1. The van der Waals surface area contributed by atoms with Crippen molar-refractivity contribution < 1.29 is 9.90 Å². The largest absolute Gasteiger partial charge is 0.395 e. The molecule has 1 saturated carbocycles. The zero-order valence-electron chi connectivity index (χ0n) is 12.3. The van der Waals surface area contributed by atoms with Crippen LogP contribution in [0.5, 0.6) is 0 Å². The number of urea groups is 1. The van der Waals surface area contributed by atoms with Crippen molar-refractivity contribution in [1.82, 2.24) is 10.2 Å². The Labute approximate surface area is 116 Å². The smallest absolute Gasteiger partial charge is 0.317 e. The highest BCUT2D eigenvalue weighted by Gasteiger charge is 2.29. The number of hydrogen-bond acceptors (Lipinski definition) is 2. The number of carbonyl (C=O) groups is 1. The normalized spacial score (nSPS) is 23.2. The van der Waals surface area contributed by atoms with Crippen molar-refractivity contribution >= 4 is 6.03 Å². The number of amides is 2. The lowest BCUT2D eigenvalue weighted by atomic mass is 9.78. The summed E-state index contributed by atoms with van der Waals surface area (Å²) < 4.78 is 0. The molecule has 0 aromatic carbocycles. The maximum absolute atomic E-state index is 12.2. The number of rotatable bonds is 6. The van der Waals surface area contributed by atoms with Gasteiger partial charge in [0.1, 0.15) is 0 Å². The van der Waals surface area contributed by atoms with Crippen LogP contribution in [-0.4, -0.2) is 41.8 Å². The molecule has 1 aliphatic carbocycles. The van der Waals surface area contributed by atoms with Crippen LogP contribution in [-0.2, 0) is 0 Å². The summed E-state index contributed by atoms with van der Waals surface area (Å²) in [6.45, 7) is 8.93. The van der Waals surface area contributed by atoms with Crippen molar-refractivity contribution in [3.63, 3.8) is 0 Å². The van der Waals surface area contributed by atoms with Gasteiger partial charge in [-0.25, -0.2) is 4.79 Å². The van der Waals surface area contributed by atoms with E-state index in [1.807, 2.05) is 0 Å². The summed E-state index contributed by atoms with van der Waals surface area (Å²) >= 11 is 0. The number of hydrogen-bond donors (Lipinski definition) is 2. The summed E-state index contributed by atoms with van der Waals surface area (Å²) in [7, 11) is 0. The molecule has 1 aliphatic rings. The first kappa shape index (κ1) is 16.0. The fraction of sp³-hybridized carbons (Fsp3) is 0.800. The quantitative estimate of drug-likeness (QED) is 0.727. The Morgan fingerprint density at radius 1 is 1.47 bits per heavy atom. The Morgan fingerprint density at radius 3 is 2.74 bits per heavy atom. The number of carbonyl (C=O) groups excluding carboxylic acids is 1. The summed E-state index contributed by atoms with van der Waals surface area (Å²) in [5, 5.41) is 12.2. The first-order valence-corrected chi connectivity index (χ1v) is 7.37. The Morgan fingerprint density at radius 2 is 2.16 bits per heavy atom. The van der Waals surface area contributed by atoms with Gasteiger partial charge in [-0.3, -0.25) is 0 Å². The SMILES string of the molecule is C=CCN(CCO)C(=O)NC1CCCCC1C(C)C. The van der Waals surface area contributed by atoms with Crippen molar-refractivity contribution in [1.29, 1.82) is 0 Å². The van der Waals surface area contributed by atoms with Crippen molar-refractivity contribution in [2.75, 3.05) is 19.7 Å². The van der Waals surface area contributed by atoms with E-state index in [1.165, 1.54) is 19.3 Å². The van der Waals surface area contributed by atoms with Crippen LogP contribution in [0, 0.1) is 11.8 Å². The summed E-state index contributed by atoms with van der Waals surface area (Å²) in [5.74, 6) is 1.16. The fourth-order valence-electron chi connectivity index (χ4n) is 2.94. The molecular weight excluding hydrogens is 240 g/mol. The molecule has 1 fully saturated rings. The van der Waals surface area contributed by atoms with Gasteiger partial charge in [0, 0.05) is 19.1 Å². The van der Waals surface area contributed by atoms with Crippen LogP contribution in [0.1, 0.15) is 39.5 Å². The van der Waals surface area contributed by atoms with E-state index in [2.05, 4.69) is 25.7 Å². The molecule has 110 valence electrons. The molecule has 4 nitrogen and oxygen atoms in total. The van der Waals surface area contributed by atoms with Crippen LogP contribution in [0.4, 0.5) is 4.79 Å². The van der Waals surface area contributed by atoms with Crippen LogP contribution in [0.2, 0.25) is 0 Å². The summed E-state index contributed by atoms with van der Waals surface area (Å²) in [5.41, 5.74) is 0. The van der Waals surface area contributed by atoms with Gasteiger partial charge in [-0.05, 0) is 24.7 Å². The Bertz CT molecular complexity index is 292. The molecule has 0 saturated heterocycles. The highest BCUT2D eigenvalue weighted by molar-refractivity contribution is 5.74. The van der Waals surface area contributed by atoms with E-state index in [9.17, 15) is 4.79 Å². The van der Waals surface area contributed by atoms with Gasteiger partial charge in [0.2, 0.25) is 0 Å². The third-order valence-electron chi connectivity index (χ3n) is 3.99. The highest BCUT2D eigenvalue weighted by Crippen LogP contribution is 2.30. The topological polar surface area (TPSA) is 52.6 Å². The first-order chi connectivity index (χ1) is 9.10. The molecule has 2 atom stereocenters. The standard InChI is InChI=1S/C15H28N2O2/c1-4-9-17(10-11-18)15(19)16-14-8-6-5-7-13(14)12(2)3/h4,12-14,18H,1,5-11H2,2-3H3,(H,16,19). The summed E-state index contributed by atoms with van der Waals surface area (Å²) in [6, 6.07) is 0.193. The molecule has 2 unspecified atom stereocenters. The third-order valence-corrected chi connectivity index (χ3v) is 3.99. The molecule has 0 aromatic heterocycles. The Kier molecular flexibility index (Phi) is 6.92. The number of nitrogens with one attached hydrogen (secondary N) is 1. The molecule has 0 aromatic rings. The summed E-state index contributed by atoms with van der Waals surface area (Å²) in [6.07, 6.45) is 6.41. The zero-order valence-corrected chi connectivity index (χ0v) is 12.3. The average molecular weight is 268 g/mol. The van der Waals surface area contributed by atoms with E-state index in [4.69, 9.17) is 5.11 Å². The Hall–Kier alpha value is -1.03. The highest BCUT2D eigenvalue weighted by atomic mass is 16.3. The minimum absolute atomic E-state index is 0.0143. The van der Waals surface area contributed by atoms with Crippen molar-refractivity contribution in [2.45, 2.75) is 45.6 Å². The van der Waals surface area contributed by atoms with Crippen LogP contribution in [0.15, 0.2) is 12.7 Å². The molecule has 2 N–H and O–H groups in total. The molecule has 0 bridgehead atoms. The molecule has 0 radical (unpaired) electrons. The van der Waals surface area contributed by atoms with E-state index >= 15 is 0 Å². The van der Waals surface area contributed by atoms with Gasteiger partial charge < -0.3 is 15.3 Å². The molecule has 0 spiro atoms. The van der Waals surface area contributed by atoms with Gasteiger partial charge in [0.15, 0.2) is 0 Å². The van der Waals surface area contributed by atoms with Crippen LogP contribution >= 0.6 is 0 Å². The van der Waals surface area contributed by atoms with Crippen LogP contribution in [0.3, 0.4) is 0 Å². The molecule has 4 heteroatoms. The van der Waals surface area contributed by atoms with E-state index in [1.54, 1.807) is 11.0 Å². The van der Waals surface area contributed by atoms with E-state index in [-0.39, 0.29) is 18.7 Å². The van der Waals surface area contributed by atoms with Crippen molar-refractivity contribution in [2.24, 2.45) is 11.8 Å². The lowest BCUT2D eigenvalue weighted by molar-refractivity contribution is 0.160. The lowest BCUT2D eigenvalue weighted by Crippen LogP contribution is -2.50. The van der Waals surface area contributed by atoms with E-state index in [0.29, 0.717) is 24.9 Å². The molecule has 2 amide bonds. The molecular formula is C15H28N2O2. The second-order valence-electron chi connectivity index (χ2n) is 5.71. The zero-order chi connectivity index (χ0) is 14.3. The molecule has 0 aliphatic heterocycles. The van der Waals surface area contributed by atoms with Crippen molar-refractivity contribution in [3.05, 3.63) is 12.7 Å². The average Bonchev–Trinajstić information content (AvgIpc) is 2.38. The van der Waals surface area contributed by atoms with E-state index < -0.39 is 0 Å². The lowest BCUT2D eigenvalue weighted by Gasteiger charge is -2.36. The fourth-order valence-corrected chi connectivity index (χ4v) is 2.94. The van der Waals surface area contributed by atoms with Gasteiger partial charge in [-0.15, -0.1) is 6.58 Å². The number of aliphatic hydroxyl groups is 1. The molecule has 19 heavy (non-hydrogen) atoms. The third kappa shape index (κ3) is 4.86. The minimum atomic E-state index is -0.0773. The maximum Gasteiger partial charge on any atom is 0.317 e. The Balaban J connectivity index is 2.58. The second kappa shape index (κ2) is 8.20. The van der Waals surface area contributed by atoms with Crippen LogP contribution in [0.25, 0.3) is 0 Å². The van der Waals surface area contributed by atoms with Crippen molar-refractivity contribution in [3.8, 4) is 0 Å². The maximum atomic E-state index is 12.2. The molecule has 0 heterocycles. The van der Waals surface area contributed by atoms with Crippen LogP contribution < -0.4 is 5.32 Å². The molecule has 1 rings (SSSR count). The second-order valence-corrected chi connectivity index (χ2v) is 5.71. The monoisotopic (exact) mass is 268 g/mol. The van der Waals surface area contributed by atoms with Gasteiger partial charge in [-0.2, -0.15) is 0 Å². The van der Waals surface area contributed by atoms with Gasteiger partial charge in [-0.1, -0.05) is 32.8 Å². The minimum Gasteiger partial charge on any atom is -0.395 e.